The van der Waals surface area contributed by atoms with Gasteiger partial charge in [-0.3, -0.25) is 0 Å². The Morgan fingerprint density at radius 3 is 2.61 bits per heavy atom. The maximum atomic E-state index is 11.9. The molecule has 0 spiro atoms. The number of nitrogens with zero attached hydrogens (tertiary/aromatic N) is 1. The topological polar surface area (TPSA) is 83.9 Å². The predicted molar refractivity (Wildman–Crippen MR) is 100.0 cm³/mol. The maximum absolute atomic E-state index is 11.9. The molecule has 28 heavy (non-hydrogen) atoms. The third-order valence-corrected chi connectivity index (χ3v) is 4.02. The lowest BCUT2D eigenvalue weighted by atomic mass is 10.2. The first-order valence-corrected chi connectivity index (χ1v) is 8.59. The summed E-state index contributed by atoms with van der Waals surface area (Å²) in [6.07, 6.45) is 0. The summed E-state index contributed by atoms with van der Waals surface area (Å²) in [5.41, 5.74) is 1.23. The van der Waals surface area contributed by atoms with E-state index in [-0.39, 0.29) is 13.2 Å². The van der Waals surface area contributed by atoms with E-state index >= 15 is 0 Å². The molecule has 0 radical (unpaired) electrons. The summed E-state index contributed by atoms with van der Waals surface area (Å²) in [7, 11) is 1.53. The molecular weight excluding hydrogens is 362 g/mol. The third kappa shape index (κ3) is 3.83. The van der Waals surface area contributed by atoms with E-state index in [1.807, 2.05) is 36.4 Å². The molecule has 4 aromatic rings. The minimum Gasteiger partial charge on any atom is -0.493 e. The van der Waals surface area contributed by atoms with E-state index in [9.17, 15) is 4.79 Å². The average Bonchev–Trinajstić information content (AvgIpc) is 3.37. The number of esters is 1. The van der Waals surface area contributed by atoms with E-state index in [0.29, 0.717) is 28.7 Å². The minimum atomic E-state index is -0.529. The molecule has 0 N–H and O–H groups in total. The lowest BCUT2D eigenvalue weighted by Gasteiger charge is -2.09. The molecule has 0 unspecified atom stereocenters. The Morgan fingerprint density at radius 2 is 1.79 bits per heavy atom. The average molecular weight is 379 g/mol. The first-order chi connectivity index (χ1) is 13.7. The number of benzene rings is 2. The van der Waals surface area contributed by atoms with Crippen molar-refractivity contribution in [2.75, 3.05) is 13.7 Å². The van der Waals surface area contributed by atoms with Gasteiger partial charge in [0.25, 0.3) is 0 Å². The zero-order valence-electron chi connectivity index (χ0n) is 15.1. The van der Waals surface area contributed by atoms with Crippen LogP contribution in [0.15, 0.2) is 69.6 Å². The van der Waals surface area contributed by atoms with Gasteiger partial charge in [0.1, 0.15) is 17.9 Å². The Kier molecular flexibility index (Phi) is 4.97. The Labute approximate surface area is 160 Å². The number of carbonyl (C=O) groups excluding carboxylic acids is 1. The number of hydrogen-bond donors (Lipinski definition) is 0. The highest BCUT2D eigenvalue weighted by molar-refractivity contribution is 5.81. The maximum Gasteiger partial charge on any atom is 0.344 e. The van der Waals surface area contributed by atoms with Crippen molar-refractivity contribution in [2.24, 2.45) is 0 Å². The molecule has 0 fully saturated rings. The number of rotatable bonds is 7. The third-order valence-electron chi connectivity index (χ3n) is 4.02. The fourth-order valence-electron chi connectivity index (χ4n) is 2.67. The lowest BCUT2D eigenvalue weighted by molar-refractivity contribution is -0.147. The van der Waals surface area contributed by atoms with E-state index in [2.05, 4.69) is 5.16 Å². The molecular formula is C21H17NO6. The van der Waals surface area contributed by atoms with Crippen LogP contribution in [0.25, 0.3) is 22.5 Å². The number of fused-ring (bicyclic) bond motifs is 1. The molecule has 2 aromatic carbocycles. The fraction of sp³-hybridized carbons (Fsp3) is 0.143. The van der Waals surface area contributed by atoms with E-state index < -0.39 is 5.97 Å². The first-order valence-electron chi connectivity index (χ1n) is 8.59. The van der Waals surface area contributed by atoms with Gasteiger partial charge < -0.3 is 23.2 Å². The van der Waals surface area contributed by atoms with Crippen LogP contribution in [-0.2, 0) is 16.1 Å². The predicted octanol–water partition coefficient (Wildman–Crippen LogP) is 4.22. The lowest BCUT2D eigenvalue weighted by Crippen LogP contribution is -2.15. The van der Waals surface area contributed by atoms with Gasteiger partial charge in [0.05, 0.1) is 7.11 Å². The Morgan fingerprint density at radius 1 is 1.00 bits per heavy atom. The molecule has 0 aliphatic heterocycles. The van der Waals surface area contributed by atoms with E-state index in [1.54, 1.807) is 24.3 Å². The molecule has 142 valence electrons. The molecule has 0 aliphatic rings. The summed E-state index contributed by atoms with van der Waals surface area (Å²) < 4.78 is 26.8. The number of aromatic nitrogens is 1. The summed E-state index contributed by atoms with van der Waals surface area (Å²) in [6.45, 7) is -0.271. The van der Waals surface area contributed by atoms with Crippen molar-refractivity contribution in [2.45, 2.75) is 6.61 Å². The number of para-hydroxylation sites is 3. The van der Waals surface area contributed by atoms with Crippen LogP contribution in [0, 0.1) is 0 Å². The van der Waals surface area contributed by atoms with E-state index in [1.165, 1.54) is 7.11 Å². The monoisotopic (exact) mass is 379 g/mol. The SMILES string of the molecule is COc1ccccc1OCC(=O)OCc1cc(-c2cc3ccccc3o2)on1. The Hall–Kier alpha value is -3.74. The Bertz CT molecular complexity index is 1060. The van der Waals surface area contributed by atoms with Crippen LogP contribution in [-0.4, -0.2) is 24.8 Å². The normalized spacial score (nSPS) is 10.8. The number of hydrogen-bond acceptors (Lipinski definition) is 7. The van der Waals surface area contributed by atoms with Crippen molar-refractivity contribution in [3.8, 4) is 23.0 Å². The van der Waals surface area contributed by atoms with E-state index in [4.69, 9.17) is 23.2 Å². The highest BCUT2D eigenvalue weighted by Gasteiger charge is 2.14. The van der Waals surface area contributed by atoms with Gasteiger partial charge >= 0.3 is 5.97 Å². The van der Waals surface area contributed by atoms with Gasteiger partial charge in [0.15, 0.2) is 23.9 Å². The van der Waals surface area contributed by atoms with Gasteiger partial charge in [0, 0.05) is 11.5 Å². The number of furan rings is 1. The van der Waals surface area contributed by atoms with Crippen LogP contribution >= 0.6 is 0 Å². The highest BCUT2D eigenvalue weighted by atomic mass is 16.6. The number of ether oxygens (including phenoxy) is 3. The molecule has 2 aromatic heterocycles. The zero-order valence-corrected chi connectivity index (χ0v) is 15.1. The van der Waals surface area contributed by atoms with Gasteiger partial charge in [-0.2, -0.15) is 0 Å². The molecule has 7 heteroatoms. The summed E-state index contributed by atoms with van der Waals surface area (Å²) in [5, 5.41) is 4.88. The van der Waals surface area contributed by atoms with Crippen molar-refractivity contribution in [1.29, 1.82) is 0 Å². The molecule has 0 saturated carbocycles. The van der Waals surface area contributed by atoms with Crippen LogP contribution in [0.1, 0.15) is 5.69 Å². The summed E-state index contributed by atoms with van der Waals surface area (Å²) in [5.74, 6) is 1.51. The van der Waals surface area contributed by atoms with Crippen molar-refractivity contribution in [1.82, 2.24) is 5.16 Å². The summed E-state index contributed by atoms with van der Waals surface area (Å²) >= 11 is 0. The smallest absolute Gasteiger partial charge is 0.344 e. The van der Waals surface area contributed by atoms with Crippen LogP contribution in [0.3, 0.4) is 0 Å². The molecule has 0 bridgehead atoms. The van der Waals surface area contributed by atoms with Crippen molar-refractivity contribution in [3.63, 3.8) is 0 Å². The second-order valence-electron chi connectivity index (χ2n) is 5.93. The van der Waals surface area contributed by atoms with Crippen molar-refractivity contribution in [3.05, 3.63) is 66.4 Å². The van der Waals surface area contributed by atoms with Gasteiger partial charge in [-0.1, -0.05) is 35.5 Å². The molecule has 0 atom stereocenters. The molecule has 4 rings (SSSR count). The quantitative estimate of drug-likeness (QED) is 0.445. The van der Waals surface area contributed by atoms with Crippen LogP contribution in [0.5, 0.6) is 11.5 Å². The zero-order chi connectivity index (χ0) is 19.3. The standard InChI is InChI=1S/C21H17NO6/c1-24-17-8-4-5-9-18(17)25-13-21(23)26-12-15-11-20(28-22-15)19-10-14-6-2-3-7-16(14)27-19/h2-11H,12-13H2,1H3. The van der Waals surface area contributed by atoms with Gasteiger partial charge in [-0.05, 0) is 24.3 Å². The second kappa shape index (κ2) is 7.87. The second-order valence-corrected chi connectivity index (χ2v) is 5.93. The molecule has 0 saturated heterocycles. The first kappa shape index (κ1) is 17.7. The van der Waals surface area contributed by atoms with Crippen LogP contribution < -0.4 is 9.47 Å². The van der Waals surface area contributed by atoms with E-state index in [0.717, 1.165) is 11.0 Å². The molecule has 7 nitrogen and oxygen atoms in total. The van der Waals surface area contributed by atoms with Gasteiger partial charge in [0.2, 0.25) is 5.76 Å². The highest BCUT2D eigenvalue weighted by Crippen LogP contribution is 2.28. The molecule has 0 aliphatic carbocycles. The van der Waals surface area contributed by atoms with Crippen molar-refractivity contribution >= 4 is 16.9 Å². The summed E-state index contributed by atoms with van der Waals surface area (Å²) in [4.78, 5) is 11.9. The number of carbonyl (C=O) groups is 1. The van der Waals surface area contributed by atoms with Crippen LogP contribution in [0.4, 0.5) is 0 Å². The molecule has 2 heterocycles. The fourth-order valence-corrected chi connectivity index (χ4v) is 2.67. The minimum absolute atomic E-state index is 0.0299. The number of methoxy groups -OCH3 is 1. The summed E-state index contributed by atoms with van der Waals surface area (Å²) in [6, 6.07) is 18.3. The van der Waals surface area contributed by atoms with Gasteiger partial charge in [-0.25, -0.2) is 4.79 Å². The Balaban J connectivity index is 1.33. The molecule has 0 amide bonds. The van der Waals surface area contributed by atoms with Crippen molar-refractivity contribution < 1.29 is 27.9 Å². The largest absolute Gasteiger partial charge is 0.493 e. The van der Waals surface area contributed by atoms with Crippen LogP contribution in [0.2, 0.25) is 0 Å². The van der Waals surface area contributed by atoms with Gasteiger partial charge in [-0.15, -0.1) is 0 Å².